The number of aryl methyl sites for hydroxylation is 2. The molecule has 1 aromatic heterocycles. The van der Waals surface area contributed by atoms with Gasteiger partial charge < -0.3 is 9.42 Å². The van der Waals surface area contributed by atoms with Crippen molar-refractivity contribution < 1.29 is 9.32 Å². The van der Waals surface area contributed by atoms with Crippen molar-refractivity contribution in [2.24, 2.45) is 5.92 Å². The van der Waals surface area contributed by atoms with Gasteiger partial charge in [-0.25, -0.2) is 4.79 Å². The molecule has 1 aromatic carbocycles. The van der Waals surface area contributed by atoms with Crippen LogP contribution < -0.4 is 5.32 Å². The fraction of sp³-hybridized carbons (Fsp3) is 0.429. The topological polar surface area (TPSA) is 58.4 Å². The van der Waals surface area contributed by atoms with Gasteiger partial charge in [0.15, 0.2) is 0 Å². The summed E-state index contributed by atoms with van der Waals surface area (Å²) in [6, 6.07) is 8.54. The van der Waals surface area contributed by atoms with E-state index in [2.05, 4.69) is 54.7 Å². The van der Waals surface area contributed by atoms with Crippen LogP contribution in [0, 0.1) is 19.8 Å². The average molecular weight is 353 g/mol. The van der Waals surface area contributed by atoms with E-state index >= 15 is 0 Å². The van der Waals surface area contributed by atoms with Gasteiger partial charge in [-0.3, -0.25) is 5.32 Å². The number of nitrogens with one attached hydrogen (secondary N) is 1. The molecule has 1 N–H and O–H groups in total. The second-order valence-electron chi connectivity index (χ2n) is 7.07. The van der Waals surface area contributed by atoms with Gasteiger partial charge in [0.2, 0.25) is 5.88 Å². The van der Waals surface area contributed by atoms with E-state index in [1.54, 1.807) is 0 Å². The zero-order valence-electron chi connectivity index (χ0n) is 16.0. The summed E-state index contributed by atoms with van der Waals surface area (Å²) in [7, 11) is 0. The van der Waals surface area contributed by atoms with Crippen molar-refractivity contribution in [3.05, 3.63) is 52.2 Å². The number of aromatic nitrogens is 1. The summed E-state index contributed by atoms with van der Waals surface area (Å²) in [5, 5.41) is 6.72. The highest BCUT2D eigenvalue weighted by atomic mass is 16.5. The fourth-order valence-corrected chi connectivity index (χ4v) is 3.27. The molecule has 0 aliphatic carbocycles. The summed E-state index contributed by atoms with van der Waals surface area (Å²) in [5.41, 5.74) is 5.67. The smallest absolute Gasteiger partial charge is 0.324 e. The number of amides is 2. The molecule has 0 saturated carbocycles. The Labute approximate surface area is 155 Å². The third kappa shape index (κ3) is 3.98. The molecule has 1 fully saturated rings. The number of rotatable bonds is 3. The molecule has 1 saturated heterocycles. The molecule has 1 atom stereocenters. The normalized spacial score (nSPS) is 19.0. The van der Waals surface area contributed by atoms with Crippen LogP contribution in [0.2, 0.25) is 0 Å². The number of nitrogens with zero attached hydrogens (tertiary/aromatic N) is 2. The Bertz CT molecular complexity index is 822. The van der Waals surface area contributed by atoms with Crippen molar-refractivity contribution in [3.8, 4) is 0 Å². The van der Waals surface area contributed by atoms with Crippen LogP contribution in [0.15, 0.2) is 34.4 Å². The molecule has 2 aromatic rings. The molecule has 1 aliphatic rings. The molecule has 0 radical (unpaired) electrons. The van der Waals surface area contributed by atoms with E-state index in [1.807, 2.05) is 18.7 Å². The molecule has 1 unspecified atom stereocenters. The van der Waals surface area contributed by atoms with E-state index < -0.39 is 0 Å². The third-order valence-electron chi connectivity index (χ3n) is 5.17. The van der Waals surface area contributed by atoms with Crippen LogP contribution in [0.4, 0.5) is 10.7 Å². The number of anilines is 1. The molecule has 0 bridgehead atoms. The lowest BCUT2D eigenvalue weighted by atomic mass is 9.91. The Morgan fingerprint density at radius 1 is 1.42 bits per heavy atom. The molecule has 0 spiro atoms. The highest BCUT2D eigenvalue weighted by molar-refractivity contribution is 5.88. The second-order valence-corrected chi connectivity index (χ2v) is 7.07. The van der Waals surface area contributed by atoms with Crippen LogP contribution in [0.5, 0.6) is 0 Å². The molecular weight excluding hydrogens is 326 g/mol. The molecule has 3 rings (SSSR count). The summed E-state index contributed by atoms with van der Waals surface area (Å²) < 4.78 is 5.19. The SMILES string of the molecule is CCc1cccc(C=C2CCN(C(=O)Nc3onc(C)c3C)CC2C)c1. The first-order valence-corrected chi connectivity index (χ1v) is 9.26. The first kappa shape index (κ1) is 18.2. The average Bonchev–Trinajstić information content (AvgIpc) is 2.95. The Morgan fingerprint density at radius 3 is 2.88 bits per heavy atom. The minimum absolute atomic E-state index is 0.122. The van der Waals surface area contributed by atoms with Crippen LogP contribution in [-0.4, -0.2) is 29.2 Å². The number of carbonyl (C=O) groups excluding carboxylic acids is 1. The third-order valence-corrected chi connectivity index (χ3v) is 5.17. The highest BCUT2D eigenvalue weighted by Gasteiger charge is 2.25. The van der Waals surface area contributed by atoms with E-state index in [0.29, 0.717) is 24.9 Å². The Kier molecular flexibility index (Phi) is 5.45. The van der Waals surface area contributed by atoms with E-state index in [1.165, 1.54) is 16.7 Å². The van der Waals surface area contributed by atoms with E-state index in [0.717, 1.165) is 24.1 Å². The molecule has 2 heterocycles. The maximum atomic E-state index is 12.5. The van der Waals surface area contributed by atoms with Crippen LogP contribution in [0.25, 0.3) is 6.08 Å². The van der Waals surface area contributed by atoms with Gasteiger partial charge in [-0.1, -0.05) is 54.9 Å². The summed E-state index contributed by atoms with van der Waals surface area (Å²) in [5.74, 6) is 0.773. The summed E-state index contributed by atoms with van der Waals surface area (Å²) in [6.07, 6.45) is 4.21. The number of carbonyl (C=O) groups is 1. The van der Waals surface area contributed by atoms with Crippen LogP contribution in [-0.2, 0) is 6.42 Å². The molecule has 5 heteroatoms. The monoisotopic (exact) mass is 353 g/mol. The number of likely N-dealkylation sites (tertiary alicyclic amines) is 1. The van der Waals surface area contributed by atoms with Gasteiger partial charge >= 0.3 is 6.03 Å². The summed E-state index contributed by atoms with van der Waals surface area (Å²) in [4.78, 5) is 14.4. The molecule has 26 heavy (non-hydrogen) atoms. The van der Waals surface area contributed by atoms with Crippen LogP contribution in [0.1, 0.15) is 42.7 Å². The van der Waals surface area contributed by atoms with Crippen molar-refractivity contribution in [1.82, 2.24) is 10.1 Å². The molecule has 1 aliphatic heterocycles. The van der Waals surface area contributed by atoms with Gasteiger partial charge in [-0.05, 0) is 43.7 Å². The largest absolute Gasteiger partial charge is 0.338 e. The van der Waals surface area contributed by atoms with Crippen molar-refractivity contribution >= 4 is 18.0 Å². The Hall–Kier alpha value is -2.56. The van der Waals surface area contributed by atoms with Crippen molar-refractivity contribution in [2.45, 2.75) is 40.5 Å². The van der Waals surface area contributed by atoms with Crippen molar-refractivity contribution in [3.63, 3.8) is 0 Å². The number of piperidine rings is 1. The van der Waals surface area contributed by atoms with Gasteiger partial charge in [-0.15, -0.1) is 0 Å². The predicted octanol–water partition coefficient (Wildman–Crippen LogP) is 4.81. The quantitative estimate of drug-likeness (QED) is 0.861. The molecule has 5 nitrogen and oxygen atoms in total. The maximum Gasteiger partial charge on any atom is 0.324 e. The van der Waals surface area contributed by atoms with Crippen LogP contribution >= 0.6 is 0 Å². The highest BCUT2D eigenvalue weighted by Crippen LogP contribution is 2.26. The van der Waals surface area contributed by atoms with E-state index in [4.69, 9.17) is 4.52 Å². The van der Waals surface area contributed by atoms with Gasteiger partial charge in [0.25, 0.3) is 0 Å². The Balaban J connectivity index is 1.65. The Morgan fingerprint density at radius 2 is 2.23 bits per heavy atom. The second kappa shape index (κ2) is 7.77. The van der Waals surface area contributed by atoms with Crippen molar-refractivity contribution in [2.75, 3.05) is 18.4 Å². The molecular formula is C21H27N3O2. The molecule has 138 valence electrons. The first-order chi connectivity index (χ1) is 12.5. The standard InChI is InChI=1S/C21H27N3O2/c1-5-17-7-6-8-18(11-17)12-19-9-10-24(13-14(19)2)21(25)22-20-15(3)16(4)23-26-20/h6-8,11-12,14H,5,9-10,13H2,1-4H3,(H,22,25). The molecule has 2 amide bonds. The number of hydrogen-bond acceptors (Lipinski definition) is 3. The lowest BCUT2D eigenvalue weighted by molar-refractivity contribution is 0.197. The summed E-state index contributed by atoms with van der Waals surface area (Å²) >= 11 is 0. The van der Waals surface area contributed by atoms with Gasteiger partial charge in [0.1, 0.15) is 0 Å². The zero-order valence-corrected chi connectivity index (χ0v) is 16.0. The number of urea groups is 1. The number of benzene rings is 1. The van der Waals surface area contributed by atoms with Gasteiger partial charge in [-0.2, -0.15) is 0 Å². The van der Waals surface area contributed by atoms with E-state index in [-0.39, 0.29) is 6.03 Å². The number of hydrogen-bond donors (Lipinski definition) is 1. The lowest BCUT2D eigenvalue weighted by Gasteiger charge is -2.33. The minimum atomic E-state index is -0.122. The van der Waals surface area contributed by atoms with Crippen LogP contribution in [0.3, 0.4) is 0 Å². The van der Waals surface area contributed by atoms with Gasteiger partial charge in [0, 0.05) is 18.7 Å². The van der Waals surface area contributed by atoms with Crippen molar-refractivity contribution in [1.29, 1.82) is 0 Å². The zero-order chi connectivity index (χ0) is 18.7. The first-order valence-electron chi connectivity index (χ1n) is 9.26. The van der Waals surface area contributed by atoms with E-state index in [9.17, 15) is 4.79 Å². The lowest BCUT2D eigenvalue weighted by Crippen LogP contribution is -2.42. The van der Waals surface area contributed by atoms with Gasteiger partial charge in [0.05, 0.1) is 5.69 Å². The fourth-order valence-electron chi connectivity index (χ4n) is 3.27. The summed E-state index contributed by atoms with van der Waals surface area (Å²) in [6.45, 7) is 9.52. The maximum absolute atomic E-state index is 12.5. The minimum Gasteiger partial charge on any atom is -0.338 e. The predicted molar refractivity (Wildman–Crippen MR) is 104 cm³/mol.